The molecule has 20 heavy (non-hydrogen) atoms. The van der Waals surface area contributed by atoms with Crippen molar-refractivity contribution in [2.24, 2.45) is 5.92 Å². The number of Topliss-reactive ketones (excluding diaryl/α,β-unsaturated/α-hetero) is 1. The van der Waals surface area contributed by atoms with E-state index in [0.717, 1.165) is 0 Å². The molecule has 0 amide bonds. The van der Waals surface area contributed by atoms with Crippen LogP contribution in [0.15, 0.2) is 16.6 Å². The third-order valence-corrected chi connectivity index (χ3v) is 3.60. The van der Waals surface area contributed by atoms with E-state index in [-0.39, 0.29) is 12.2 Å². The zero-order valence-electron chi connectivity index (χ0n) is 11.3. The van der Waals surface area contributed by atoms with Gasteiger partial charge in [0.2, 0.25) is 0 Å². The Morgan fingerprint density at radius 1 is 1.35 bits per heavy atom. The summed E-state index contributed by atoms with van der Waals surface area (Å²) in [5, 5.41) is 0. The van der Waals surface area contributed by atoms with Crippen LogP contribution in [0.1, 0.15) is 23.7 Å². The molecule has 2 rings (SSSR count). The number of halogens is 1. The van der Waals surface area contributed by atoms with Crippen molar-refractivity contribution < 1.29 is 23.8 Å². The van der Waals surface area contributed by atoms with Crippen LogP contribution in [0.2, 0.25) is 0 Å². The summed E-state index contributed by atoms with van der Waals surface area (Å²) in [6, 6.07) is 3.32. The molecule has 0 saturated heterocycles. The minimum atomic E-state index is -0.473. The largest absolute Gasteiger partial charge is 0.486 e. The first-order chi connectivity index (χ1) is 9.52. The fraction of sp³-hybridized carbons (Fsp3) is 0.429. The number of carbonyl (C=O) groups is 2. The number of rotatable bonds is 4. The average Bonchev–Trinajstić information content (AvgIpc) is 2.46. The average molecular weight is 343 g/mol. The van der Waals surface area contributed by atoms with Crippen molar-refractivity contribution in [1.29, 1.82) is 0 Å². The van der Waals surface area contributed by atoms with Crippen LogP contribution in [0.5, 0.6) is 11.5 Å². The molecule has 0 fully saturated rings. The molecule has 6 heteroatoms. The third kappa shape index (κ3) is 3.12. The van der Waals surface area contributed by atoms with Gasteiger partial charge in [0.25, 0.3) is 0 Å². The highest BCUT2D eigenvalue weighted by Gasteiger charge is 2.22. The lowest BCUT2D eigenvalue weighted by molar-refractivity contribution is -0.144. The number of carbonyl (C=O) groups excluding carboxylic acids is 2. The smallest absolute Gasteiger partial charge is 0.308 e. The van der Waals surface area contributed by atoms with E-state index in [0.29, 0.717) is 34.7 Å². The van der Waals surface area contributed by atoms with E-state index in [1.165, 1.54) is 7.11 Å². The first-order valence-electron chi connectivity index (χ1n) is 6.23. The molecule has 0 saturated carbocycles. The van der Waals surface area contributed by atoms with Gasteiger partial charge >= 0.3 is 5.97 Å². The van der Waals surface area contributed by atoms with Gasteiger partial charge in [-0.2, -0.15) is 0 Å². The van der Waals surface area contributed by atoms with Gasteiger partial charge in [-0.05, 0) is 28.1 Å². The molecular weight excluding hydrogens is 328 g/mol. The van der Waals surface area contributed by atoms with Gasteiger partial charge in [-0.1, -0.05) is 6.92 Å². The Morgan fingerprint density at radius 3 is 2.75 bits per heavy atom. The second kappa shape index (κ2) is 6.26. The molecule has 0 bridgehead atoms. The van der Waals surface area contributed by atoms with Crippen molar-refractivity contribution in [1.82, 2.24) is 0 Å². The minimum Gasteiger partial charge on any atom is -0.486 e. The molecule has 1 aliphatic heterocycles. The van der Waals surface area contributed by atoms with Crippen LogP contribution >= 0.6 is 15.9 Å². The topological polar surface area (TPSA) is 61.8 Å². The zero-order chi connectivity index (χ0) is 14.7. The van der Waals surface area contributed by atoms with E-state index in [9.17, 15) is 9.59 Å². The third-order valence-electron chi connectivity index (χ3n) is 3.01. The maximum Gasteiger partial charge on any atom is 0.308 e. The molecule has 108 valence electrons. The lowest BCUT2D eigenvalue weighted by atomic mass is 9.99. The van der Waals surface area contributed by atoms with E-state index < -0.39 is 11.9 Å². The molecular formula is C14H15BrO5. The molecule has 0 spiro atoms. The summed E-state index contributed by atoms with van der Waals surface area (Å²) in [5.74, 6) is 0.142. The summed E-state index contributed by atoms with van der Waals surface area (Å²) in [4.78, 5) is 23.5. The van der Waals surface area contributed by atoms with Crippen LogP contribution in [-0.4, -0.2) is 32.1 Å². The number of benzene rings is 1. The second-order valence-corrected chi connectivity index (χ2v) is 5.39. The molecule has 1 atom stereocenters. The van der Waals surface area contributed by atoms with Gasteiger partial charge in [-0.25, -0.2) is 0 Å². The number of fused-ring (bicyclic) bond motifs is 1. The van der Waals surface area contributed by atoms with Crippen molar-refractivity contribution in [3.05, 3.63) is 22.2 Å². The molecule has 1 aromatic rings. The van der Waals surface area contributed by atoms with E-state index in [4.69, 9.17) is 9.47 Å². The first-order valence-corrected chi connectivity index (χ1v) is 7.02. The summed E-state index contributed by atoms with van der Waals surface area (Å²) in [5.41, 5.74) is 0.483. The SMILES string of the molecule is COC(=O)C(C)CC(=O)c1cc(Br)c2c(c1)OCCO2. The normalized spacial score (nSPS) is 14.6. The predicted octanol–water partition coefficient (Wildman–Crippen LogP) is 2.60. The number of hydrogen-bond donors (Lipinski definition) is 0. The summed E-state index contributed by atoms with van der Waals surface area (Å²) in [6.07, 6.45) is 0.0960. The number of hydrogen-bond acceptors (Lipinski definition) is 5. The molecule has 1 heterocycles. The van der Waals surface area contributed by atoms with Crippen molar-refractivity contribution in [3.8, 4) is 11.5 Å². The number of ketones is 1. The number of ether oxygens (including phenoxy) is 3. The van der Waals surface area contributed by atoms with Gasteiger partial charge in [0.1, 0.15) is 13.2 Å². The highest BCUT2D eigenvalue weighted by Crippen LogP contribution is 2.38. The highest BCUT2D eigenvalue weighted by molar-refractivity contribution is 9.10. The summed E-state index contributed by atoms with van der Waals surface area (Å²) >= 11 is 3.36. The van der Waals surface area contributed by atoms with Gasteiger partial charge in [-0.15, -0.1) is 0 Å². The Labute approximate surface area is 125 Å². The summed E-state index contributed by atoms with van der Waals surface area (Å²) < 4.78 is 16.2. The van der Waals surface area contributed by atoms with Crippen molar-refractivity contribution >= 4 is 27.7 Å². The van der Waals surface area contributed by atoms with Crippen molar-refractivity contribution in [2.45, 2.75) is 13.3 Å². The lowest BCUT2D eigenvalue weighted by Gasteiger charge is -2.20. The molecule has 0 N–H and O–H groups in total. The summed E-state index contributed by atoms with van der Waals surface area (Å²) in [7, 11) is 1.31. The van der Waals surface area contributed by atoms with Crippen LogP contribution in [0.4, 0.5) is 0 Å². The number of methoxy groups -OCH3 is 1. The Morgan fingerprint density at radius 2 is 2.05 bits per heavy atom. The van der Waals surface area contributed by atoms with Crippen LogP contribution in [0.25, 0.3) is 0 Å². The van der Waals surface area contributed by atoms with E-state index in [1.807, 2.05) is 0 Å². The Hall–Kier alpha value is -1.56. The standard InChI is InChI=1S/C14H15BrO5/c1-8(14(17)18-2)5-11(16)9-6-10(15)13-12(7-9)19-3-4-20-13/h6-8H,3-5H2,1-2H3. The number of esters is 1. The Kier molecular flexibility index (Phi) is 4.65. The van der Waals surface area contributed by atoms with Crippen LogP contribution in [0.3, 0.4) is 0 Å². The minimum absolute atomic E-state index is 0.0960. The molecule has 1 aliphatic rings. The van der Waals surface area contributed by atoms with E-state index in [1.54, 1.807) is 19.1 Å². The van der Waals surface area contributed by atoms with Gasteiger partial charge in [0.05, 0.1) is 17.5 Å². The Bertz CT molecular complexity index is 541. The molecule has 0 aliphatic carbocycles. The summed E-state index contributed by atoms with van der Waals surface area (Å²) in [6.45, 7) is 2.60. The van der Waals surface area contributed by atoms with Gasteiger partial charge in [-0.3, -0.25) is 9.59 Å². The van der Waals surface area contributed by atoms with E-state index >= 15 is 0 Å². The van der Waals surface area contributed by atoms with Gasteiger partial charge < -0.3 is 14.2 Å². The van der Waals surface area contributed by atoms with Crippen molar-refractivity contribution in [2.75, 3.05) is 20.3 Å². The fourth-order valence-electron chi connectivity index (χ4n) is 1.95. The zero-order valence-corrected chi connectivity index (χ0v) is 12.9. The molecule has 0 aromatic heterocycles. The maximum atomic E-state index is 12.2. The lowest BCUT2D eigenvalue weighted by Crippen LogP contribution is -2.18. The molecule has 5 nitrogen and oxygen atoms in total. The van der Waals surface area contributed by atoms with Crippen LogP contribution < -0.4 is 9.47 Å². The maximum absolute atomic E-state index is 12.2. The van der Waals surface area contributed by atoms with Crippen LogP contribution in [0, 0.1) is 5.92 Å². The molecule has 1 aromatic carbocycles. The second-order valence-electron chi connectivity index (χ2n) is 4.53. The van der Waals surface area contributed by atoms with Crippen LogP contribution in [-0.2, 0) is 9.53 Å². The Balaban J connectivity index is 2.18. The predicted molar refractivity (Wildman–Crippen MR) is 75.3 cm³/mol. The van der Waals surface area contributed by atoms with E-state index in [2.05, 4.69) is 20.7 Å². The fourth-order valence-corrected chi connectivity index (χ4v) is 2.51. The molecule has 1 unspecified atom stereocenters. The van der Waals surface area contributed by atoms with Crippen molar-refractivity contribution in [3.63, 3.8) is 0 Å². The monoisotopic (exact) mass is 342 g/mol. The first kappa shape index (κ1) is 14.8. The quantitative estimate of drug-likeness (QED) is 0.621. The highest BCUT2D eigenvalue weighted by atomic mass is 79.9. The molecule has 0 radical (unpaired) electrons. The van der Waals surface area contributed by atoms with Gasteiger partial charge in [0.15, 0.2) is 17.3 Å². The van der Waals surface area contributed by atoms with Gasteiger partial charge in [0, 0.05) is 12.0 Å².